The van der Waals surface area contributed by atoms with Crippen LogP contribution in [-0.2, 0) is 20.8 Å². The van der Waals surface area contributed by atoms with Gasteiger partial charge in [0, 0.05) is 38.6 Å². The van der Waals surface area contributed by atoms with E-state index in [1.54, 1.807) is 4.90 Å². The molecule has 1 aromatic rings. The van der Waals surface area contributed by atoms with Gasteiger partial charge < -0.3 is 10.2 Å². The molecule has 6 heteroatoms. The summed E-state index contributed by atoms with van der Waals surface area (Å²) in [5, 5.41) is 2.46. The molecule has 134 valence electrons. The molecule has 0 radical (unpaired) electrons. The second-order valence-electron chi connectivity index (χ2n) is 6.92. The van der Waals surface area contributed by atoms with Crippen LogP contribution < -0.4 is 5.32 Å². The van der Waals surface area contributed by atoms with Crippen LogP contribution in [0.3, 0.4) is 0 Å². The minimum absolute atomic E-state index is 0.0559. The Morgan fingerprint density at radius 1 is 1.04 bits per heavy atom. The zero-order chi connectivity index (χ0) is 17.8. The molecule has 1 aliphatic carbocycles. The van der Waals surface area contributed by atoms with Gasteiger partial charge in [-0.05, 0) is 25.3 Å². The molecule has 2 amide bonds. The third kappa shape index (κ3) is 4.89. The summed E-state index contributed by atoms with van der Waals surface area (Å²) in [6, 6.07) is 8.21. The summed E-state index contributed by atoms with van der Waals surface area (Å²) in [5.41, 5.74) is 1.90. The first kappa shape index (κ1) is 17.6. The lowest BCUT2D eigenvalue weighted by atomic mass is 10.1. The molecule has 3 rings (SSSR count). The van der Waals surface area contributed by atoms with Gasteiger partial charge >= 0.3 is 0 Å². The Morgan fingerprint density at radius 2 is 1.68 bits per heavy atom. The molecule has 1 saturated heterocycles. The number of aryl methyl sites for hydroxylation is 1. The van der Waals surface area contributed by atoms with Crippen LogP contribution in [0.5, 0.6) is 0 Å². The van der Waals surface area contributed by atoms with Gasteiger partial charge in [0.2, 0.25) is 11.7 Å². The monoisotopic (exact) mass is 343 g/mol. The molecule has 2 fully saturated rings. The van der Waals surface area contributed by atoms with E-state index in [4.69, 9.17) is 0 Å². The van der Waals surface area contributed by atoms with Gasteiger partial charge in [0.05, 0.1) is 6.54 Å². The second-order valence-corrected chi connectivity index (χ2v) is 6.92. The number of hydrogen-bond acceptors (Lipinski definition) is 4. The number of piperazine rings is 1. The molecule has 0 spiro atoms. The first-order chi connectivity index (χ1) is 12.0. The van der Waals surface area contributed by atoms with Crippen molar-refractivity contribution in [2.75, 3.05) is 32.7 Å². The van der Waals surface area contributed by atoms with Gasteiger partial charge in [-0.3, -0.25) is 19.3 Å². The summed E-state index contributed by atoms with van der Waals surface area (Å²) in [6.07, 6.45) is 2.60. The van der Waals surface area contributed by atoms with Crippen molar-refractivity contribution in [2.24, 2.45) is 0 Å². The van der Waals surface area contributed by atoms with Crippen LogP contribution in [0.25, 0.3) is 0 Å². The van der Waals surface area contributed by atoms with Gasteiger partial charge in [-0.15, -0.1) is 0 Å². The van der Waals surface area contributed by atoms with Gasteiger partial charge in [-0.25, -0.2) is 0 Å². The normalized spacial score (nSPS) is 18.0. The van der Waals surface area contributed by atoms with E-state index in [2.05, 4.69) is 10.2 Å². The number of amides is 2. The van der Waals surface area contributed by atoms with Gasteiger partial charge in [0.15, 0.2) is 0 Å². The third-order valence-corrected chi connectivity index (χ3v) is 4.87. The zero-order valence-electron chi connectivity index (χ0n) is 14.7. The maximum absolute atomic E-state index is 12.2. The predicted molar refractivity (Wildman–Crippen MR) is 94.1 cm³/mol. The molecule has 1 N–H and O–H groups in total. The average Bonchev–Trinajstić information content (AvgIpc) is 3.46. The van der Waals surface area contributed by atoms with Crippen LogP contribution in [0.15, 0.2) is 24.3 Å². The molecule has 6 nitrogen and oxygen atoms in total. The number of Topliss-reactive ketones (excluding diaryl/α,β-unsaturated/α-hetero) is 1. The number of nitrogens with zero attached hydrogens (tertiary/aromatic N) is 2. The maximum Gasteiger partial charge on any atom is 0.288 e. The maximum atomic E-state index is 12.2. The van der Waals surface area contributed by atoms with Gasteiger partial charge in [0.25, 0.3) is 5.91 Å². The quantitative estimate of drug-likeness (QED) is 0.765. The zero-order valence-corrected chi connectivity index (χ0v) is 14.7. The van der Waals surface area contributed by atoms with Crippen LogP contribution in [0.1, 0.15) is 24.0 Å². The summed E-state index contributed by atoms with van der Waals surface area (Å²) >= 11 is 0. The van der Waals surface area contributed by atoms with E-state index in [1.807, 2.05) is 31.2 Å². The molecule has 25 heavy (non-hydrogen) atoms. The molecule has 1 aliphatic heterocycles. The van der Waals surface area contributed by atoms with Gasteiger partial charge in [-0.2, -0.15) is 0 Å². The predicted octanol–water partition coefficient (Wildman–Crippen LogP) is 0.529. The average molecular weight is 343 g/mol. The minimum atomic E-state index is -0.689. The molecular formula is C19H25N3O3. The number of hydrogen-bond donors (Lipinski definition) is 1. The van der Waals surface area contributed by atoms with Crippen LogP contribution in [0, 0.1) is 6.92 Å². The van der Waals surface area contributed by atoms with E-state index >= 15 is 0 Å². The Hall–Kier alpha value is -2.21. The molecule has 2 aliphatic rings. The SMILES string of the molecule is Cc1ccc(CC(=O)C(=O)NCC(=O)N2CCN(C3CC3)CC2)cc1. The van der Waals surface area contributed by atoms with E-state index in [1.165, 1.54) is 12.8 Å². The molecular weight excluding hydrogens is 318 g/mol. The standard InChI is InChI=1S/C19H25N3O3/c1-14-2-4-15(5-3-14)12-17(23)19(25)20-13-18(24)22-10-8-21(9-11-22)16-6-7-16/h2-5,16H,6-13H2,1H3,(H,20,25). The van der Waals surface area contributed by atoms with Gasteiger partial charge in [0.1, 0.15) is 0 Å². The van der Waals surface area contributed by atoms with Crippen molar-refractivity contribution >= 4 is 17.6 Å². The number of ketones is 1. The summed E-state index contributed by atoms with van der Waals surface area (Å²) in [4.78, 5) is 40.3. The Labute approximate surface area is 148 Å². The lowest BCUT2D eigenvalue weighted by molar-refractivity contribution is -0.139. The number of nitrogens with one attached hydrogen (secondary N) is 1. The molecule has 0 atom stereocenters. The minimum Gasteiger partial charge on any atom is -0.340 e. The topological polar surface area (TPSA) is 69.7 Å². The molecule has 0 bridgehead atoms. The highest BCUT2D eigenvalue weighted by molar-refractivity contribution is 6.36. The van der Waals surface area contributed by atoms with Crippen molar-refractivity contribution in [3.8, 4) is 0 Å². The lowest BCUT2D eigenvalue weighted by Crippen LogP contribution is -2.52. The molecule has 0 unspecified atom stereocenters. The summed E-state index contributed by atoms with van der Waals surface area (Å²) in [5.74, 6) is -1.33. The van der Waals surface area contributed by atoms with Crippen LogP contribution in [-0.4, -0.2) is 66.2 Å². The highest BCUT2D eigenvalue weighted by atomic mass is 16.2. The fourth-order valence-corrected chi connectivity index (χ4v) is 3.11. The first-order valence-corrected chi connectivity index (χ1v) is 8.91. The first-order valence-electron chi connectivity index (χ1n) is 8.91. The highest BCUT2D eigenvalue weighted by Gasteiger charge is 2.32. The molecule has 1 aromatic carbocycles. The van der Waals surface area contributed by atoms with Crippen molar-refractivity contribution in [3.63, 3.8) is 0 Å². The summed E-state index contributed by atoms with van der Waals surface area (Å²) in [6.45, 7) is 5.05. The van der Waals surface area contributed by atoms with Crippen LogP contribution in [0.4, 0.5) is 0 Å². The second kappa shape index (κ2) is 7.78. The number of benzene rings is 1. The summed E-state index contributed by atoms with van der Waals surface area (Å²) < 4.78 is 0. The Bertz CT molecular complexity index is 644. The summed E-state index contributed by atoms with van der Waals surface area (Å²) in [7, 11) is 0. The number of carbonyl (C=O) groups excluding carboxylic acids is 3. The number of carbonyl (C=O) groups is 3. The lowest BCUT2D eigenvalue weighted by Gasteiger charge is -2.34. The molecule has 1 saturated carbocycles. The van der Waals surface area contributed by atoms with Crippen molar-refractivity contribution in [1.29, 1.82) is 0 Å². The van der Waals surface area contributed by atoms with Crippen molar-refractivity contribution in [1.82, 2.24) is 15.1 Å². The van der Waals surface area contributed by atoms with Crippen LogP contribution in [0.2, 0.25) is 0 Å². The van der Waals surface area contributed by atoms with E-state index in [0.717, 1.165) is 30.3 Å². The van der Waals surface area contributed by atoms with Crippen molar-refractivity contribution in [2.45, 2.75) is 32.2 Å². The fourth-order valence-electron chi connectivity index (χ4n) is 3.11. The molecule has 1 heterocycles. The van der Waals surface area contributed by atoms with E-state index < -0.39 is 11.7 Å². The third-order valence-electron chi connectivity index (χ3n) is 4.87. The van der Waals surface area contributed by atoms with E-state index in [9.17, 15) is 14.4 Å². The van der Waals surface area contributed by atoms with Crippen molar-refractivity contribution in [3.05, 3.63) is 35.4 Å². The molecule has 0 aromatic heterocycles. The Morgan fingerprint density at radius 3 is 2.28 bits per heavy atom. The fraction of sp³-hybridized carbons (Fsp3) is 0.526. The smallest absolute Gasteiger partial charge is 0.288 e. The van der Waals surface area contributed by atoms with Gasteiger partial charge in [-0.1, -0.05) is 29.8 Å². The van der Waals surface area contributed by atoms with E-state index in [0.29, 0.717) is 13.1 Å². The van der Waals surface area contributed by atoms with Crippen LogP contribution >= 0.6 is 0 Å². The van der Waals surface area contributed by atoms with Crippen molar-refractivity contribution < 1.29 is 14.4 Å². The Kier molecular flexibility index (Phi) is 5.48. The largest absolute Gasteiger partial charge is 0.340 e. The van der Waals surface area contributed by atoms with E-state index in [-0.39, 0.29) is 18.9 Å². The highest BCUT2D eigenvalue weighted by Crippen LogP contribution is 2.27. The Balaban J connectivity index is 1.39. The number of rotatable bonds is 6.